The second-order valence-electron chi connectivity index (χ2n) is 7.22. The summed E-state index contributed by atoms with van der Waals surface area (Å²) in [6.07, 6.45) is 19.2. The van der Waals surface area contributed by atoms with Crippen LogP contribution in [-0.4, -0.2) is 6.71 Å². The normalized spacial score (nSPS) is 34.7. The lowest BCUT2D eigenvalue weighted by atomic mass is 9.24. The third-order valence-corrected chi connectivity index (χ3v) is 5.99. The molecule has 0 aromatic rings. The Morgan fingerprint density at radius 3 is 1.89 bits per heavy atom. The number of allylic oxidation sites excluding steroid dienone is 2. The van der Waals surface area contributed by atoms with Crippen molar-refractivity contribution in [3.8, 4) is 0 Å². The Morgan fingerprint density at radius 1 is 0.778 bits per heavy atom. The molecule has 0 unspecified atom stereocenters. The lowest BCUT2D eigenvalue weighted by molar-refractivity contribution is 0.417. The molecule has 3 aliphatic rings. The molecule has 3 rings (SSSR count). The van der Waals surface area contributed by atoms with Crippen molar-refractivity contribution >= 4 is 6.71 Å². The molecule has 0 nitrogen and oxygen atoms in total. The van der Waals surface area contributed by atoms with Gasteiger partial charge in [-0.2, -0.15) is 0 Å². The minimum atomic E-state index is 0.932. The zero-order valence-corrected chi connectivity index (χ0v) is 12.2. The van der Waals surface area contributed by atoms with Crippen molar-refractivity contribution in [3.05, 3.63) is 11.5 Å². The van der Waals surface area contributed by atoms with Gasteiger partial charge in [0.05, 0.1) is 0 Å². The number of rotatable bonds is 2. The number of hydrogen-bond acceptors (Lipinski definition) is 0. The van der Waals surface area contributed by atoms with Crippen LogP contribution in [0.15, 0.2) is 11.5 Å². The van der Waals surface area contributed by atoms with Gasteiger partial charge in [-0.25, -0.2) is 0 Å². The van der Waals surface area contributed by atoms with Crippen LogP contribution in [0.25, 0.3) is 0 Å². The second kappa shape index (κ2) is 5.84. The summed E-state index contributed by atoms with van der Waals surface area (Å²) < 4.78 is 0. The molecule has 1 heteroatoms. The molecule has 100 valence electrons. The van der Waals surface area contributed by atoms with Crippen LogP contribution in [0, 0.1) is 5.92 Å². The van der Waals surface area contributed by atoms with Crippen LogP contribution in [-0.2, 0) is 0 Å². The van der Waals surface area contributed by atoms with Crippen LogP contribution < -0.4 is 0 Å². The maximum Gasteiger partial charge on any atom is 0.176 e. The highest BCUT2D eigenvalue weighted by atomic mass is 14.3. The van der Waals surface area contributed by atoms with Crippen LogP contribution in [0.3, 0.4) is 0 Å². The van der Waals surface area contributed by atoms with Gasteiger partial charge in [0, 0.05) is 0 Å². The Morgan fingerprint density at radius 2 is 1.33 bits per heavy atom. The lowest BCUT2D eigenvalue weighted by Crippen LogP contribution is -2.36. The van der Waals surface area contributed by atoms with Crippen molar-refractivity contribution in [1.29, 1.82) is 0 Å². The molecule has 2 bridgehead atoms. The minimum absolute atomic E-state index is 0.932. The van der Waals surface area contributed by atoms with E-state index in [9.17, 15) is 0 Å². The summed E-state index contributed by atoms with van der Waals surface area (Å²) in [5.41, 5.74) is 1.79. The van der Waals surface area contributed by atoms with E-state index in [-0.39, 0.29) is 0 Å². The van der Waals surface area contributed by atoms with E-state index in [1.807, 2.05) is 0 Å². The first-order chi connectivity index (χ1) is 8.84. The average Bonchev–Trinajstić information content (AvgIpc) is 2.39. The van der Waals surface area contributed by atoms with E-state index in [1.54, 1.807) is 5.47 Å². The van der Waals surface area contributed by atoms with Gasteiger partial charge >= 0.3 is 0 Å². The molecule has 2 heterocycles. The van der Waals surface area contributed by atoms with E-state index in [1.165, 1.54) is 70.6 Å². The van der Waals surface area contributed by atoms with Gasteiger partial charge in [-0.15, -0.1) is 5.47 Å². The molecule has 0 atom stereocenters. The third-order valence-electron chi connectivity index (χ3n) is 5.99. The van der Waals surface area contributed by atoms with Crippen LogP contribution in [0.2, 0.25) is 11.6 Å². The third kappa shape index (κ3) is 2.70. The van der Waals surface area contributed by atoms with Crippen molar-refractivity contribution in [2.24, 2.45) is 5.92 Å². The number of hydrogen-bond donors (Lipinski definition) is 0. The fourth-order valence-corrected chi connectivity index (χ4v) is 5.20. The van der Waals surface area contributed by atoms with Crippen molar-refractivity contribution in [2.45, 2.75) is 89.2 Å². The summed E-state index contributed by atoms with van der Waals surface area (Å²) in [4.78, 5) is 0. The van der Waals surface area contributed by atoms with Gasteiger partial charge in [0.2, 0.25) is 0 Å². The van der Waals surface area contributed by atoms with E-state index >= 15 is 0 Å². The van der Waals surface area contributed by atoms with E-state index in [2.05, 4.69) is 13.0 Å². The van der Waals surface area contributed by atoms with Crippen molar-refractivity contribution in [2.75, 3.05) is 0 Å². The topological polar surface area (TPSA) is 0 Å². The average molecular weight is 244 g/mol. The molecule has 0 N–H and O–H groups in total. The zero-order chi connectivity index (χ0) is 12.4. The Bertz CT molecular complexity index is 279. The fraction of sp³-hybridized carbons (Fsp3) is 0.882. The van der Waals surface area contributed by atoms with Gasteiger partial charge in [-0.1, -0.05) is 82.4 Å². The molecule has 2 saturated heterocycles. The predicted octanol–water partition coefficient (Wildman–Crippen LogP) is 5.66. The molecule has 0 aromatic heterocycles. The van der Waals surface area contributed by atoms with Crippen molar-refractivity contribution in [1.82, 2.24) is 0 Å². The minimum Gasteiger partial charge on any atom is -0.107 e. The SMILES string of the molecule is C/C(=C\C1CCCCC1)B1C2CCCC1CCC2. The van der Waals surface area contributed by atoms with E-state index < -0.39 is 0 Å². The van der Waals surface area contributed by atoms with E-state index in [4.69, 9.17) is 0 Å². The monoisotopic (exact) mass is 244 g/mol. The van der Waals surface area contributed by atoms with Gasteiger partial charge in [-0.3, -0.25) is 0 Å². The van der Waals surface area contributed by atoms with Gasteiger partial charge in [0.1, 0.15) is 0 Å². The Balaban J connectivity index is 1.69. The fourth-order valence-electron chi connectivity index (χ4n) is 5.20. The van der Waals surface area contributed by atoms with Gasteiger partial charge < -0.3 is 0 Å². The summed E-state index contributed by atoms with van der Waals surface area (Å²) in [6, 6.07) is 0. The summed E-state index contributed by atoms with van der Waals surface area (Å²) >= 11 is 0. The maximum absolute atomic E-state index is 2.71. The Kier molecular flexibility index (Phi) is 4.16. The highest BCUT2D eigenvalue weighted by Crippen LogP contribution is 2.48. The standard InChI is InChI=1S/C17H29B/c1-14(13-15-7-3-2-4-8-15)18-16-9-5-10-17(18)12-6-11-16/h13,15-17H,2-12H2,1H3/b14-13+. The molecule has 0 aromatic carbocycles. The Hall–Kier alpha value is -0.195. The smallest absolute Gasteiger partial charge is 0.107 e. The van der Waals surface area contributed by atoms with Crippen LogP contribution in [0.4, 0.5) is 0 Å². The Labute approximate surface area is 114 Å². The van der Waals surface area contributed by atoms with Gasteiger partial charge in [0.15, 0.2) is 6.71 Å². The highest BCUT2D eigenvalue weighted by molar-refractivity contribution is 6.70. The lowest BCUT2D eigenvalue weighted by Gasteiger charge is -2.41. The van der Waals surface area contributed by atoms with Crippen LogP contribution in [0.1, 0.15) is 77.6 Å². The molecule has 1 aliphatic carbocycles. The molecular weight excluding hydrogens is 215 g/mol. The largest absolute Gasteiger partial charge is 0.176 e. The van der Waals surface area contributed by atoms with Crippen molar-refractivity contribution in [3.63, 3.8) is 0 Å². The summed E-state index contributed by atoms with van der Waals surface area (Å²) in [6.45, 7) is 3.45. The molecule has 1 saturated carbocycles. The van der Waals surface area contributed by atoms with Gasteiger partial charge in [-0.05, 0) is 18.8 Å². The first-order valence-electron chi connectivity index (χ1n) is 8.53. The van der Waals surface area contributed by atoms with Crippen molar-refractivity contribution < 1.29 is 0 Å². The predicted molar refractivity (Wildman–Crippen MR) is 81.3 cm³/mol. The summed E-state index contributed by atoms with van der Waals surface area (Å²) in [5.74, 6) is 3.04. The van der Waals surface area contributed by atoms with Crippen LogP contribution in [0.5, 0.6) is 0 Å². The molecule has 0 amide bonds. The molecule has 18 heavy (non-hydrogen) atoms. The van der Waals surface area contributed by atoms with Gasteiger partial charge in [0.25, 0.3) is 0 Å². The van der Waals surface area contributed by atoms with E-state index in [0.717, 1.165) is 24.3 Å². The maximum atomic E-state index is 2.71. The molecule has 3 fully saturated rings. The molecular formula is C17H29B. The summed E-state index contributed by atoms with van der Waals surface area (Å²) in [7, 11) is 0. The quantitative estimate of drug-likeness (QED) is 0.550. The molecule has 0 radical (unpaired) electrons. The van der Waals surface area contributed by atoms with Crippen LogP contribution >= 0.6 is 0 Å². The summed E-state index contributed by atoms with van der Waals surface area (Å²) in [5, 5.41) is 0. The first kappa shape index (κ1) is 12.8. The zero-order valence-electron chi connectivity index (χ0n) is 12.2. The molecule has 2 aliphatic heterocycles. The second-order valence-corrected chi connectivity index (χ2v) is 7.22. The van der Waals surface area contributed by atoms with E-state index in [0.29, 0.717) is 0 Å². The first-order valence-corrected chi connectivity index (χ1v) is 8.53. The molecule has 0 spiro atoms. The number of fused-ring (bicyclic) bond motifs is 2. The highest BCUT2D eigenvalue weighted by Gasteiger charge is 2.39.